The number of carbonyl (C=O) groups excluding carboxylic acids is 1. The number of hydrogen-bond donors (Lipinski definition) is 2. The average Bonchev–Trinajstić information content (AvgIpc) is 2.35. The Hall–Kier alpha value is -1.62. The molecule has 0 saturated carbocycles. The predicted octanol–water partition coefficient (Wildman–Crippen LogP) is 1.35. The van der Waals surface area contributed by atoms with Gasteiger partial charge >= 0.3 is 0 Å². The molecular formula is C12H16N2O2S. The van der Waals surface area contributed by atoms with Crippen molar-refractivity contribution in [1.82, 2.24) is 5.32 Å². The van der Waals surface area contributed by atoms with Crippen molar-refractivity contribution in [1.29, 1.82) is 0 Å². The standard InChI is InChI=1S/C12H16N2O2S/c1-8(11(13)17)7-14-12(15)9-5-3-4-6-10(9)16-2/h3-6,8H,7H2,1-2H3,(H2,13,17)(H,14,15). The molecule has 1 aromatic rings. The maximum absolute atomic E-state index is 11.9. The second-order valence-electron chi connectivity index (χ2n) is 3.71. The number of thiocarbonyl (C=S) groups is 1. The van der Waals surface area contributed by atoms with Gasteiger partial charge in [0.2, 0.25) is 0 Å². The average molecular weight is 252 g/mol. The van der Waals surface area contributed by atoms with E-state index in [9.17, 15) is 4.79 Å². The van der Waals surface area contributed by atoms with Crippen LogP contribution in [0.25, 0.3) is 0 Å². The summed E-state index contributed by atoms with van der Waals surface area (Å²) >= 11 is 4.84. The zero-order valence-electron chi connectivity index (χ0n) is 9.90. The van der Waals surface area contributed by atoms with Gasteiger partial charge in [0.1, 0.15) is 5.75 Å². The van der Waals surface area contributed by atoms with Crippen molar-refractivity contribution >= 4 is 23.1 Å². The Morgan fingerprint density at radius 3 is 2.76 bits per heavy atom. The summed E-state index contributed by atoms with van der Waals surface area (Å²) in [7, 11) is 1.53. The van der Waals surface area contributed by atoms with E-state index in [4.69, 9.17) is 22.7 Å². The molecule has 0 aliphatic carbocycles. The highest BCUT2D eigenvalue weighted by molar-refractivity contribution is 7.80. The van der Waals surface area contributed by atoms with Gasteiger partial charge in [-0.2, -0.15) is 0 Å². The Kier molecular flexibility index (Phi) is 4.90. The van der Waals surface area contributed by atoms with Gasteiger partial charge in [-0.05, 0) is 12.1 Å². The zero-order chi connectivity index (χ0) is 12.8. The summed E-state index contributed by atoms with van der Waals surface area (Å²) in [5.74, 6) is 0.335. The molecule has 1 atom stereocenters. The van der Waals surface area contributed by atoms with E-state index < -0.39 is 0 Å². The molecule has 1 unspecified atom stereocenters. The third kappa shape index (κ3) is 3.71. The van der Waals surface area contributed by atoms with Crippen molar-refractivity contribution in [3.8, 4) is 5.75 Å². The van der Waals surface area contributed by atoms with Crippen LogP contribution in [0, 0.1) is 5.92 Å². The second kappa shape index (κ2) is 6.20. The van der Waals surface area contributed by atoms with Crippen LogP contribution in [0.4, 0.5) is 0 Å². The topological polar surface area (TPSA) is 64.3 Å². The molecule has 0 aromatic heterocycles. The maximum Gasteiger partial charge on any atom is 0.255 e. The maximum atomic E-state index is 11.9. The molecule has 0 saturated heterocycles. The zero-order valence-corrected chi connectivity index (χ0v) is 10.7. The highest BCUT2D eigenvalue weighted by Gasteiger charge is 2.12. The summed E-state index contributed by atoms with van der Waals surface area (Å²) in [6.07, 6.45) is 0. The largest absolute Gasteiger partial charge is 0.496 e. The summed E-state index contributed by atoms with van der Waals surface area (Å²) < 4.78 is 5.11. The molecule has 1 aromatic carbocycles. The molecule has 1 amide bonds. The van der Waals surface area contributed by atoms with E-state index in [0.717, 1.165) is 0 Å². The normalized spacial score (nSPS) is 11.6. The van der Waals surface area contributed by atoms with Gasteiger partial charge in [-0.25, -0.2) is 0 Å². The second-order valence-corrected chi connectivity index (χ2v) is 4.19. The molecule has 0 heterocycles. The van der Waals surface area contributed by atoms with Crippen LogP contribution >= 0.6 is 12.2 Å². The van der Waals surface area contributed by atoms with Gasteiger partial charge in [0.15, 0.2) is 0 Å². The number of para-hydroxylation sites is 1. The molecule has 0 fully saturated rings. The van der Waals surface area contributed by atoms with E-state index in [1.54, 1.807) is 18.2 Å². The quantitative estimate of drug-likeness (QED) is 0.776. The number of nitrogens with two attached hydrogens (primary N) is 1. The van der Waals surface area contributed by atoms with Gasteiger partial charge in [0, 0.05) is 12.5 Å². The minimum absolute atomic E-state index is 0.0244. The van der Waals surface area contributed by atoms with Crippen molar-refractivity contribution in [2.24, 2.45) is 11.7 Å². The van der Waals surface area contributed by atoms with E-state index in [2.05, 4.69) is 5.32 Å². The number of hydrogen-bond acceptors (Lipinski definition) is 3. The first-order chi connectivity index (χ1) is 8.06. The molecule has 0 aliphatic rings. The lowest BCUT2D eigenvalue weighted by Gasteiger charge is -2.12. The summed E-state index contributed by atoms with van der Waals surface area (Å²) in [6, 6.07) is 7.05. The van der Waals surface area contributed by atoms with Gasteiger partial charge in [-0.15, -0.1) is 0 Å². The van der Waals surface area contributed by atoms with Crippen molar-refractivity contribution in [2.75, 3.05) is 13.7 Å². The van der Waals surface area contributed by atoms with Crippen LogP contribution in [-0.2, 0) is 0 Å². The van der Waals surface area contributed by atoms with Crippen LogP contribution < -0.4 is 15.8 Å². The van der Waals surface area contributed by atoms with Crippen molar-refractivity contribution in [3.63, 3.8) is 0 Å². The lowest BCUT2D eigenvalue weighted by Crippen LogP contribution is -2.33. The first-order valence-corrected chi connectivity index (χ1v) is 5.67. The third-order valence-electron chi connectivity index (χ3n) is 2.41. The molecular weight excluding hydrogens is 236 g/mol. The Morgan fingerprint density at radius 1 is 1.53 bits per heavy atom. The third-order valence-corrected chi connectivity index (χ3v) is 2.81. The minimum Gasteiger partial charge on any atom is -0.496 e. The Labute approximate surface area is 106 Å². The number of methoxy groups -OCH3 is 1. The fourth-order valence-electron chi connectivity index (χ4n) is 1.27. The van der Waals surface area contributed by atoms with Gasteiger partial charge in [0.05, 0.1) is 17.7 Å². The fourth-order valence-corrected chi connectivity index (χ4v) is 1.36. The van der Waals surface area contributed by atoms with Crippen molar-refractivity contribution in [3.05, 3.63) is 29.8 Å². The number of carbonyl (C=O) groups is 1. The smallest absolute Gasteiger partial charge is 0.255 e. The minimum atomic E-state index is -0.189. The first kappa shape index (κ1) is 13.4. The molecule has 17 heavy (non-hydrogen) atoms. The van der Waals surface area contributed by atoms with Gasteiger partial charge in [-0.1, -0.05) is 31.3 Å². The van der Waals surface area contributed by atoms with Crippen molar-refractivity contribution in [2.45, 2.75) is 6.92 Å². The number of rotatable bonds is 5. The van der Waals surface area contributed by atoms with E-state index in [0.29, 0.717) is 22.8 Å². The highest BCUT2D eigenvalue weighted by atomic mass is 32.1. The van der Waals surface area contributed by atoms with Crippen LogP contribution in [0.1, 0.15) is 17.3 Å². The van der Waals surface area contributed by atoms with Crippen LogP contribution in [0.5, 0.6) is 5.75 Å². The number of nitrogens with one attached hydrogen (secondary N) is 1. The van der Waals surface area contributed by atoms with E-state index >= 15 is 0 Å². The molecule has 0 bridgehead atoms. The van der Waals surface area contributed by atoms with Crippen LogP contribution in [0.2, 0.25) is 0 Å². The fraction of sp³-hybridized carbons (Fsp3) is 0.333. The van der Waals surface area contributed by atoms with E-state index in [-0.39, 0.29) is 11.8 Å². The molecule has 92 valence electrons. The number of amides is 1. The highest BCUT2D eigenvalue weighted by Crippen LogP contribution is 2.16. The molecule has 0 aliphatic heterocycles. The summed E-state index contributed by atoms with van der Waals surface area (Å²) in [4.78, 5) is 12.3. The van der Waals surface area contributed by atoms with Crippen molar-refractivity contribution < 1.29 is 9.53 Å². The molecule has 4 nitrogen and oxygen atoms in total. The molecule has 5 heteroatoms. The summed E-state index contributed by atoms with van der Waals surface area (Å²) in [5.41, 5.74) is 5.98. The lowest BCUT2D eigenvalue weighted by molar-refractivity contribution is 0.0948. The predicted molar refractivity (Wildman–Crippen MR) is 71.3 cm³/mol. The number of ether oxygens (including phenoxy) is 1. The molecule has 0 radical (unpaired) electrons. The van der Waals surface area contributed by atoms with Gasteiger partial charge in [0.25, 0.3) is 5.91 Å². The van der Waals surface area contributed by atoms with E-state index in [1.165, 1.54) is 7.11 Å². The van der Waals surface area contributed by atoms with Gasteiger partial charge < -0.3 is 15.8 Å². The molecule has 1 rings (SSSR count). The van der Waals surface area contributed by atoms with Crippen LogP contribution in [0.3, 0.4) is 0 Å². The van der Waals surface area contributed by atoms with E-state index in [1.807, 2.05) is 13.0 Å². The Morgan fingerprint density at radius 2 is 2.18 bits per heavy atom. The summed E-state index contributed by atoms with van der Waals surface area (Å²) in [5, 5.41) is 2.77. The Bertz CT molecular complexity index is 421. The molecule has 3 N–H and O–H groups in total. The SMILES string of the molecule is COc1ccccc1C(=O)NCC(C)C(N)=S. The monoisotopic (exact) mass is 252 g/mol. The van der Waals surface area contributed by atoms with Crippen LogP contribution in [-0.4, -0.2) is 24.6 Å². The number of benzene rings is 1. The first-order valence-electron chi connectivity index (χ1n) is 5.26. The summed E-state index contributed by atoms with van der Waals surface area (Å²) in [6.45, 7) is 2.29. The molecule has 0 spiro atoms. The Balaban J connectivity index is 2.67. The van der Waals surface area contributed by atoms with Crippen LogP contribution in [0.15, 0.2) is 24.3 Å². The van der Waals surface area contributed by atoms with Gasteiger partial charge in [-0.3, -0.25) is 4.79 Å². The lowest BCUT2D eigenvalue weighted by atomic mass is 10.1.